The summed E-state index contributed by atoms with van der Waals surface area (Å²) in [7, 11) is -3.57. The third-order valence-corrected chi connectivity index (χ3v) is 7.45. The Bertz CT molecular complexity index is 970. The van der Waals surface area contributed by atoms with Crippen LogP contribution in [-0.2, 0) is 20.6 Å². The lowest BCUT2D eigenvalue weighted by Crippen LogP contribution is -2.46. The van der Waals surface area contributed by atoms with E-state index in [9.17, 15) is 13.2 Å². The second-order valence-corrected chi connectivity index (χ2v) is 9.94. The number of sulfonamides is 1. The van der Waals surface area contributed by atoms with E-state index >= 15 is 0 Å². The van der Waals surface area contributed by atoms with Crippen LogP contribution in [0.25, 0.3) is 0 Å². The lowest BCUT2D eigenvalue weighted by molar-refractivity contribution is -0.126. The molecular weight excluding hydrogens is 447 g/mol. The minimum absolute atomic E-state index is 0.152. The summed E-state index contributed by atoms with van der Waals surface area (Å²) in [6, 6.07) is 14.1. The van der Waals surface area contributed by atoms with Crippen LogP contribution in [0.3, 0.4) is 0 Å². The van der Waals surface area contributed by atoms with E-state index in [4.69, 9.17) is 27.9 Å². The van der Waals surface area contributed by atoms with Gasteiger partial charge in [0.1, 0.15) is 12.4 Å². The molecule has 1 N–H and O–H groups in total. The molecule has 0 unspecified atom stereocenters. The molecule has 6 nitrogen and oxygen atoms in total. The predicted octanol–water partition coefficient (Wildman–Crippen LogP) is 3.73. The number of nitrogens with zero attached hydrogens (tertiary/aromatic N) is 1. The molecule has 0 spiro atoms. The van der Waals surface area contributed by atoms with Crippen LogP contribution in [0.4, 0.5) is 0 Å². The fourth-order valence-electron chi connectivity index (χ4n) is 3.34. The quantitative estimate of drug-likeness (QED) is 0.596. The summed E-state index contributed by atoms with van der Waals surface area (Å²) >= 11 is 11.9. The first-order chi connectivity index (χ1) is 14.3. The maximum absolute atomic E-state index is 12.8. The van der Waals surface area contributed by atoms with Crippen LogP contribution < -0.4 is 10.1 Å². The Kier molecular flexibility index (Phi) is 7.99. The van der Waals surface area contributed by atoms with Crippen molar-refractivity contribution in [1.82, 2.24) is 9.62 Å². The summed E-state index contributed by atoms with van der Waals surface area (Å²) in [6.45, 7) is 1.29. The largest absolute Gasteiger partial charge is 0.492 e. The van der Waals surface area contributed by atoms with Gasteiger partial charge in [-0.3, -0.25) is 4.79 Å². The van der Waals surface area contributed by atoms with Crippen molar-refractivity contribution in [3.8, 4) is 5.75 Å². The molecule has 162 valence electrons. The summed E-state index contributed by atoms with van der Waals surface area (Å²) in [6.07, 6.45) is 1.30. The predicted molar refractivity (Wildman–Crippen MR) is 118 cm³/mol. The Morgan fingerprint density at radius 2 is 1.90 bits per heavy atom. The van der Waals surface area contributed by atoms with Crippen LogP contribution in [0.1, 0.15) is 18.4 Å². The highest BCUT2D eigenvalue weighted by atomic mass is 35.5. The van der Waals surface area contributed by atoms with Crippen LogP contribution in [-0.4, -0.2) is 44.9 Å². The molecule has 0 aliphatic carbocycles. The summed E-state index contributed by atoms with van der Waals surface area (Å²) in [5.74, 6) is 0.0347. The lowest BCUT2D eigenvalue weighted by Gasteiger charge is -2.31. The van der Waals surface area contributed by atoms with Gasteiger partial charge in [0.05, 0.1) is 28.3 Å². The zero-order valence-corrected chi connectivity index (χ0v) is 18.7. The van der Waals surface area contributed by atoms with Crippen molar-refractivity contribution < 1.29 is 17.9 Å². The van der Waals surface area contributed by atoms with Crippen molar-refractivity contribution in [1.29, 1.82) is 0 Å². The van der Waals surface area contributed by atoms with E-state index in [1.54, 1.807) is 18.2 Å². The number of amides is 1. The van der Waals surface area contributed by atoms with Gasteiger partial charge in [-0.2, -0.15) is 0 Å². The van der Waals surface area contributed by atoms with Crippen LogP contribution >= 0.6 is 23.2 Å². The fraction of sp³-hybridized carbons (Fsp3) is 0.381. The molecule has 1 aliphatic rings. The zero-order chi connectivity index (χ0) is 21.6. The van der Waals surface area contributed by atoms with Gasteiger partial charge in [0.25, 0.3) is 0 Å². The highest BCUT2D eigenvalue weighted by Crippen LogP contribution is 2.26. The van der Waals surface area contributed by atoms with E-state index in [2.05, 4.69) is 5.32 Å². The zero-order valence-electron chi connectivity index (χ0n) is 16.4. The number of para-hydroxylation sites is 1. The SMILES string of the molecule is O=C(NCCOc1ccccc1)[C@H]1CCCN(S(=O)(=O)Cc2ccc(Cl)c(Cl)c2)C1. The first kappa shape index (κ1) is 22.9. The third kappa shape index (κ3) is 6.35. The Morgan fingerprint density at radius 3 is 2.63 bits per heavy atom. The number of piperidine rings is 1. The van der Waals surface area contributed by atoms with E-state index in [1.165, 1.54) is 4.31 Å². The number of nitrogens with one attached hydrogen (secondary N) is 1. The van der Waals surface area contributed by atoms with E-state index in [1.807, 2.05) is 30.3 Å². The van der Waals surface area contributed by atoms with E-state index < -0.39 is 10.0 Å². The molecule has 9 heteroatoms. The van der Waals surface area contributed by atoms with Gasteiger partial charge < -0.3 is 10.1 Å². The van der Waals surface area contributed by atoms with Crippen LogP contribution in [0, 0.1) is 5.92 Å². The van der Waals surface area contributed by atoms with Gasteiger partial charge in [0.2, 0.25) is 15.9 Å². The highest BCUT2D eigenvalue weighted by Gasteiger charge is 2.32. The van der Waals surface area contributed by atoms with Gasteiger partial charge in [-0.15, -0.1) is 0 Å². The summed E-state index contributed by atoms with van der Waals surface area (Å²) in [5, 5.41) is 3.54. The van der Waals surface area contributed by atoms with Gasteiger partial charge in [0, 0.05) is 13.1 Å². The topological polar surface area (TPSA) is 75.7 Å². The van der Waals surface area contributed by atoms with Gasteiger partial charge >= 0.3 is 0 Å². The number of carbonyl (C=O) groups excluding carboxylic acids is 1. The number of ether oxygens (including phenoxy) is 1. The van der Waals surface area contributed by atoms with Crippen molar-refractivity contribution in [2.24, 2.45) is 5.92 Å². The molecule has 0 bridgehead atoms. The van der Waals surface area contributed by atoms with Gasteiger partial charge in [-0.05, 0) is 42.7 Å². The molecule has 1 heterocycles. The second kappa shape index (κ2) is 10.5. The molecular formula is C21H24Cl2N2O4S. The molecule has 1 fully saturated rings. The van der Waals surface area contributed by atoms with E-state index in [0.29, 0.717) is 48.1 Å². The van der Waals surface area contributed by atoms with Crippen molar-refractivity contribution >= 4 is 39.1 Å². The monoisotopic (exact) mass is 470 g/mol. The molecule has 1 amide bonds. The number of carbonyl (C=O) groups is 1. The Balaban J connectivity index is 1.50. The summed E-state index contributed by atoms with van der Waals surface area (Å²) < 4.78 is 32.6. The Morgan fingerprint density at radius 1 is 1.13 bits per heavy atom. The standard InChI is InChI=1S/C21H24Cl2N2O4S/c22-19-9-8-16(13-20(19)23)15-30(27,28)25-11-4-5-17(14-25)21(26)24-10-12-29-18-6-2-1-3-7-18/h1-3,6-9,13,17H,4-5,10-12,14-15H2,(H,24,26)/t17-/m0/s1. The second-order valence-electron chi connectivity index (χ2n) is 7.15. The van der Waals surface area contributed by atoms with Crippen LogP contribution in [0.2, 0.25) is 10.0 Å². The number of hydrogen-bond donors (Lipinski definition) is 1. The van der Waals surface area contributed by atoms with E-state index in [0.717, 1.165) is 5.75 Å². The van der Waals surface area contributed by atoms with Crippen molar-refractivity contribution in [3.63, 3.8) is 0 Å². The fourth-order valence-corrected chi connectivity index (χ4v) is 5.26. The van der Waals surface area contributed by atoms with Crippen molar-refractivity contribution in [2.75, 3.05) is 26.2 Å². The average Bonchev–Trinajstić information content (AvgIpc) is 2.74. The lowest BCUT2D eigenvalue weighted by atomic mass is 9.99. The van der Waals surface area contributed by atoms with Gasteiger partial charge in [-0.25, -0.2) is 12.7 Å². The Labute approximate surface area is 187 Å². The molecule has 0 radical (unpaired) electrons. The smallest absolute Gasteiger partial charge is 0.224 e. The van der Waals surface area contributed by atoms with Gasteiger partial charge in [-0.1, -0.05) is 47.5 Å². The van der Waals surface area contributed by atoms with Crippen molar-refractivity contribution in [3.05, 3.63) is 64.1 Å². The summed E-state index contributed by atoms with van der Waals surface area (Å²) in [4.78, 5) is 12.5. The average molecular weight is 471 g/mol. The molecule has 2 aromatic carbocycles. The number of rotatable bonds is 8. The Hall–Kier alpha value is -1.80. The maximum Gasteiger partial charge on any atom is 0.224 e. The van der Waals surface area contributed by atoms with Crippen molar-refractivity contribution in [2.45, 2.75) is 18.6 Å². The summed E-state index contributed by atoms with van der Waals surface area (Å²) in [5.41, 5.74) is 0.564. The molecule has 0 saturated carbocycles. The third-order valence-electron chi connectivity index (χ3n) is 4.89. The van der Waals surface area contributed by atoms with Crippen LogP contribution in [0.5, 0.6) is 5.75 Å². The molecule has 2 aromatic rings. The molecule has 0 aromatic heterocycles. The highest BCUT2D eigenvalue weighted by molar-refractivity contribution is 7.88. The first-order valence-corrected chi connectivity index (χ1v) is 12.1. The molecule has 1 saturated heterocycles. The van der Waals surface area contributed by atoms with Crippen LogP contribution in [0.15, 0.2) is 48.5 Å². The first-order valence-electron chi connectivity index (χ1n) is 9.72. The van der Waals surface area contributed by atoms with E-state index in [-0.39, 0.29) is 24.1 Å². The molecule has 3 rings (SSSR count). The van der Waals surface area contributed by atoms with Gasteiger partial charge in [0.15, 0.2) is 0 Å². The molecule has 1 atom stereocenters. The molecule has 30 heavy (non-hydrogen) atoms. The minimum Gasteiger partial charge on any atom is -0.492 e. The normalized spacial score (nSPS) is 17.5. The maximum atomic E-state index is 12.8. The molecule has 1 aliphatic heterocycles. The number of halogens is 2. The number of hydrogen-bond acceptors (Lipinski definition) is 4. The number of benzene rings is 2. The minimum atomic E-state index is -3.57.